The Balaban J connectivity index is 2.34. The van der Waals surface area contributed by atoms with Crippen molar-refractivity contribution in [3.8, 4) is 5.75 Å². The van der Waals surface area contributed by atoms with Gasteiger partial charge in [-0.25, -0.2) is 4.98 Å². The van der Waals surface area contributed by atoms with E-state index in [1.54, 1.807) is 7.11 Å². The molecule has 3 nitrogen and oxygen atoms in total. The fourth-order valence-electron chi connectivity index (χ4n) is 2.58. The van der Waals surface area contributed by atoms with Gasteiger partial charge in [-0.3, -0.25) is 0 Å². The van der Waals surface area contributed by atoms with Gasteiger partial charge in [0.1, 0.15) is 0 Å². The van der Waals surface area contributed by atoms with Crippen LogP contribution in [0.1, 0.15) is 31.7 Å². The predicted octanol–water partition coefficient (Wildman–Crippen LogP) is 2.57. The molecule has 3 heteroatoms. The van der Waals surface area contributed by atoms with Crippen molar-refractivity contribution in [3.05, 3.63) is 29.7 Å². The van der Waals surface area contributed by atoms with Gasteiger partial charge in [0.2, 0.25) is 0 Å². The number of imidazole rings is 1. The van der Waals surface area contributed by atoms with E-state index in [9.17, 15) is 0 Å². The predicted molar refractivity (Wildman–Crippen MR) is 63.1 cm³/mol. The number of rotatable bonds is 1. The minimum atomic E-state index is 0.201. The monoisotopic (exact) mass is 216 g/mol. The van der Waals surface area contributed by atoms with Gasteiger partial charge in [-0.05, 0) is 25.0 Å². The number of methoxy groups -OCH3 is 1. The number of hydrogen-bond donors (Lipinski definition) is 0. The first-order valence-electron chi connectivity index (χ1n) is 5.68. The number of fused-ring (bicyclic) bond motifs is 3. The van der Waals surface area contributed by atoms with Crippen LogP contribution in [0.5, 0.6) is 5.75 Å². The van der Waals surface area contributed by atoms with Crippen molar-refractivity contribution < 1.29 is 4.74 Å². The highest BCUT2D eigenvalue weighted by Gasteiger charge is 2.34. The SMILES string of the molecule is COc1cccn2c3c(nc12)C(C)(C)CC3. The maximum atomic E-state index is 5.35. The van der Waals surface area contributed by atoms with Crippen molar-refractivity contribution in [1.29, 1.82) is 0 Å². The molecule has 0 aromatic carbocycles. The van der Waals surface area contributed by atoms with Gasteiger partial charge in [0.15, 0.2) is 11.4 Å². The lowest BCUT2D eigenvalue weighted by atomic mass is 9.91. The number of ether oxygens (including phenoxy) is 1. The fourth-order valence-corrected chi connectivity index (χ4v) is 2.58. The van der Waals surface area contributed by atoms with Crippen LogP contribution in [0.4, 0.5) is 0 Å². The van der Waals surface area contributed by atoms with Crippen LogP contribution in [0.2, 0.25) is 0 Å². The molecule has 0 saturated carbocycles. The van der Waals surface area contributed by atoms with Gasteiger partial charge in [0.25, 0.3) is 0 Å². The average Bonchev–Trinajstić information content (AvgIpc) is 2.77. The van der Waals surface area contributed by atoms with Gasteiger partial charge in [0.05, 0.1) is 12.8 Å². The third-order valence-electron chi connectivity index (χ3n) is 3.56. The van der Waals surface area contributed by atoms with E-state index in [2.05, 4.69) is 24.4 Å². The van der Waals surface area contributed by atoms with Crippen LogP contribution < -0.4 is 4.74 Å². The van der Waals surface area contributed by atoms with E-state index in [1.807, 2.05) is 12.1 Å². The van der Waals surface area contributed by atoms with Crippen LogP contribution in [-0.2, 0) is 11.8 Å². The molecule has 0 bridgehead atoms. The van der Waals surface area contributed by atoms with Gasteiger partial charge in [0, 0.05) is 17.3 Å². The van der Waals surface area contributed by atoms with Crippen LogP contribution in [0.25, 0.3) is 5.65 Å². The molecule has 0 unspecified atom stereocenters. The quantitative estimate of drug-likeness (QED) is 0.732. The third-order valence-corrected chi connectivity index (χ3v) is 3.56. The van der Waals surface area contributed by atoms with Crippen LogP contribution >= 0.6 is 0 Å². The summed E-state index contributed by atoms with van der Waals surface area (Å²) in [6.07, 6.45) is 4.37. The summed E-state index contributed by atoms with van der Waals surface area (Å²) < 4.78 is 7.52. The van der Waals surface area contributed by atoms with E-state index in [0.717, 1.165) is 17.8 Å². The fraction of sp³-hybridized carbons (Fsp3) is 0.462. The first kappa shape index (κ1) is 9.70. The van der Waals surface area contributed by atoms with Gasteiger partial charge in [-0.1, -0.05) is 13.8 Å². The summed E-state index contributed by atoms with van der Waals surface area (Å²) in [5.41, 5.74) is 3.73. The van der Waals surface area contributed by atoms with Gasteiger partial charge >= 0.3 is 0 Å². The van der Waals surface area contributed by atoms with E-state index in [-0.39, 0.29) is 5.41 Å². The smallest absolute Gasteiger partial charge is 0.180 e. The molecular formula is C13H16N2O. The van der Waals surface area contributed by atoms with E-state index < -0.39 is 0 Å². The Morgan fingerprint density at radius 3 is 3.00 bits per heavy atom. The lowest BCUT2D eigenvalue weighted by molar-refractivity contribution is 0.416. The molecule has 1 aliphatic carbocycles. The number of hydrogen-bond acceptors (Lipinski definition) is 2. The van der Waals surface area contributed by atoms with Gasteiger partial charge in [-0.2, -0.15) is 0 Å². The van der Waals surface area contributed by atoms with Gasteiger partial charge in [-0.15, -0.1) is 0 Å². The molecule has 2 heterocycles. The van der Waals surface area contributed by atoms with Crippen molar-refractivity contribution in [2.75, 3.05) is 7.11 Å². The zero-order valence-electron chi connectivity index (χ0n) is 9.95. The minimum absolute atomic E-state index is 0.201. The Morgan fingerprint density at radius 2 is 2.25 bits per heavy atom. The minimum Gasteiger partial charge on any atom is -0.493 e. The molecule has 16 heavy (non-hydrogen) atoms. The molecule has 84 valence electrons. The summed E-state index contributed by atoms with van der Waals surface area (Å²) in [4.78, 5) is 4.75. The topological polar surface area (TPSA) is 26.5 Å². The van der Waals surface area contributed by atoms with E-state index in [4.69, 9.17) is 9.72 Å². The van der Waals surface area contributed by atoms with Crippen molar-refractivity contribution >= 4 is 5.65 Å². The molecule has 2 aromatic heterocycles. The first-order chi connectivity index (χ1) is 7.63. The number of nitrogens with zero attached hydrogens (tertiary/aromatic N) is 2. The molecule has 0 atom stereocenters. The molecule has 0 saturated heterocycles. The van der Waals surface area contributed by atoms with E-state index in [1.165, 1.54) is 17.8 Å². The molecule has 0 N–H and O–H groups in total. The first-order valence-corrected chi connectivity index (χ1v) is 5.68. The molecular weight excluding hydrogens is 200 g/mol. The Kier molecular flexibility index (Phi) is 1.82. The van der Waals surface area contributed by atoms with Crippen LogP contribution in [0.3, 0.4) is 0 Å². The zero-order chi connectivity index (χ0) is 11.3. The Bertz CT molecular complexity index is 554. The lowest BCUT2D eigenvalue weighted by Gasteiger charge is -2.14. The van der Waals surface area contributed by atoms with Crippen molar-refractivity contribution in [2.45, 2.75) is 32.1 Å². The Labute approximate surface area is 95.1 Å². The molecule has 0 aliphatic heterocycles. The van der Waals surface area contributed by atoms with Gasteiger partial charge < -0.3 is 9.14 Å². The van der Waals surface area contributed by atoms with E-state index >= 15 is 0 Å². The van der Waals surface area contributed by atoms with Crippen LogP contribution in [0.15, 0.2) is 18.3 Å². The van der Waals surface area contributed by atoms with E-state index in [0.29, 0.717) is 0 Å². The second-order valence-corrected chi connectivity index (χ2v) is 5.06. The highest BCUT2D eigenvalue weighted by molar-refractivity contribution is 5.57. The number of pyridine rings is 1. The summed E-state index contributed by atoms with van der Waals surface area (Å²) in [7, 11) is 1.69. The molecule has 1 aliphatic rings. The third kappa shape index (κ3) is 1.11. The molecule has 0 spiro atoms. The largest absolute Gasteiger partial charge is 0.493 e. The molecule has 0 radical (unpaired) electrons. The average molecular weight is 216 g/mol. The Morgan fingerprint density at radius 1 is 1.44 bits per heavy atom. The number of aryl methyl sites for hydroxylation is 1. The van der Waals surface area contributed by atoms with Crippen molar-refractivity contribution in [3.63, 3.8) is 0 Å². The molecule has 2 aromatic rings. The van der Waals surface area contributed by atoms with Crippen LogP contribution in [-0.4, -0.2) is 16.5 Å². The maximum Gasteiger partial charge on any atom is 0.180 e. The lowest BCUT2D eigenvalue weighted by Crippen LogP contribution is -2.12. The van der Waals surface area contributed by atoms with Crippen molar-refractivity contribution in [1.82, 2.24) is 9.38 Å². The normalized spacial score (nSPS) is 17.7. The second-order valence-electron chi connectivity index (χ2n) is 5.06. The summed E-state index contributed by atoms with van der Waals surface area (Å²) in [5.74, 6) is 0.854. The standard InChI is InChI=1S/C13H16N2O/c1-13(2)7-6-9-11(13)14-12-10(16-3)5-4-8-15(9)12/h4-5,8H,6-7H2,1-3H3. The molecule has 0 fully saturated rings. The highest BCUT2D eigenvalue weighted by atomic mass is 16.5. The highest BCUT2D eigenvalue weighted by Crippen LogP contribution is 2.39. The second kappa shape index (κ2) is 3.00. The molecule has 0 amide bonds. The molecule has 3 rings (SSSR count). The summed E-state index contributed by atoms with van der Waals surface area (Å²) in [6.45, 7) is 4.52. The summed E-state index contributed by atoms with van der Waals surface area (Å²) >= 11 is 0. The zero-order valence-corrected chi connectivity index (χ0v) is 9.95. The maximum absolute atomic E-state index is 5.35. The summed E-state index contributed by atoms with van der Waals surface area (Å²) in [6, 6.07) is 3.98. The Hall–Kier alpha value is -1.51. The summed E-state index contributed by atoms with van der Waals surface area (Å²) in [5, 5.41) is 0. The number of aromatic nitrogens is 2. The van der Waals surface area contributed by atoms with Crippen molar-refractivity contribution in [2.24, 2.45) is 0 Å². The van der Waals surface area contributed by atoms with Crippen LogP contribution in [0, 0.1) is 0 Å².